The molecule has 28 heavy (non-hydrogen) atoms. The maximum atomic E-state index is 12.7. The Hall–Kier alpha value is -3.57. The molecule has 5 heteroatoms. The molecule has 4 aromatic rings. The largest absolute Gasteiger partial charge is 0.496 e. The van der Waals surface area contributed by atoms with Crippen molar-refractivity contribution < 1.29 is 19.1 Å². The van der Waals surface area contributed by atoms with Gasteiger partial charge in [0.15, 0.2) is 0 Å². The van der Waals surface area contributed by atoms with Gasteiger partial charge in [-0.3, -0.25) is 4.79 Å². The average Bonchev–Trinajstić information content (AvgIpc) is 3.22. The summed E-state index contributed by atoms with van der Waals surface area (Å²) in [5.74, 6) is 1.44. The molecule has 0 saturated carbocycles. The number of aliphatic hydroxyl groups excluding tert-OH is 1. The van der Waals surface area contributed by atoms with E-state index in [0.717, 1.165) is 10.8 Å². The predicted molar refractivity (Wildman–Crippen MR) is 109 cm³/mol. The molecule has 0 unspecified atom stereocenters. The van der Waals surface area contributed by atoms with Crippen LogP contribution in [-0.2, 0) is 6.61 Å². The highest BCUT2D eigenvalue weighted by molar-refractivity contribution is 6.06. The molecule has 1 heterocycles. The van der Waals surface area contributed by atoms with Crippen molar-refractivity contribution in [1.82, 2.24) is 0 Å². The third-order valence-corrected chi connectivity index (χ3v) is 4.55. The van der Waals surface area contributed by atoms with Crippen molar-refractivity contribution in [1.29, 1.82) is 0 Å². The van der Waals surface area contributed by atoms with Crippen molar-refractivity contribution in [3.8, 4) is 17.1 Å². The summed E-state index contributed by atoms with van der Waals surface area (Å²) in [5, 5.41) is 14.2. The molecule has 2 N–H and O–H groups in total. The van der Waals surface area contributed by atoms with Crippen molar-refractivity contribution in [2.45, 2.75) is 6.61 Å². The van der Waals surface area contributed by atoms with Crippen LogP contribution in [0.15, 0.2) is 77.2 Å². The zero-order valence-corrected chi connectivity index (χ0v) is 15.3. The van der Waals surface area contributed by atoms with E-state index in [1.165, 1.54) is 0 Å². The number of fused-ring (bicyclic) bond motifs is 1. The first-order chi connectivity index (χ1) is 13.7. The minimum Gasteiger partial charge on any atom is -0.496 e. The second-order valence-electron chi connectivity index (χ2n) is 6.36. The quantitative estimate of drug-likeness (QED) is 0.524. The van der Waals surface area contributed by atoms with Gasteiger partial charge in [0.1, 0.15) is 23.9 Å². The first-order valence-electron chi connectivity index (χ1n) is 8.86. The summed E-state index contributed by atoms with van der Waals surface area (Å²) in [7, 11) is 1.57. The summed E-state index contributed by atoms with van der Waals surface area (Å²) in [6.07, 6.45) is 0. The first-order valence-corrected chi connectivity index (χ1v) is 8.86. The molecule has 3 aromatic carbocycles. The monoisotopic (exact) mass is 373 g/mol. The number of nitrogens with one attached hydrogen (secondary N) is 1. The topological polar surface area (TPSA) is 71.7 Å². The SMILES string of the molecule is COc1ccc(NC(=O)c2ccc3ccccc3c2)cc1-c1ccc(CO)o1. The van der Waals surface area contributed by atoms with Crippen LogP contribution in [0, 0.1) is 0 Å². The predicted octanol–water partition coefficient (Wildman–Crippen LogP) is 4.85. The van der Waals surface area contributed by atoms with Gasteiger partial charge in [0, 0.05) is 11.3 Å². The van der Waals surface area contributed by atoms with Crippen LogP contribution in [0.2, 0.25) is 0 Å². The number of anilines is 1. The Morgan fingerprint density at radius 1 is 1.00 bits per heavy atom. The molecule has 1 aromatic heterocycles. The summed E-state index contributed by atoms with van der Waals surface area (Å²) in [5.41, 5.74) is 1.89. The van der Waals surface area contributed by atoms with E-state index in [4.69, 9.17) is 9.15 Å². The number of ether oxygens (including phenoxy) is 1. The highest BCUT2D eigenvalue weighted by Crippen LogP contribution is 2.34. The lowest BCUT2D eigenvalue weighted by atomic mass is 10.1. The van der Waals surface area contributed by atoms with E-state index in [0.29, 0.717) is 34.1 Å². The average molecular weight is 373 g/mol. The highest BCUT2D eigenvalue weighted by Gasteiger charge is 2.13. The molecular weight excluding hydrogens is 354 g/mol. The Kier molecular flexibility index (Phi) is 4.83. The van der Waals surface area contributed by atoms with Crippen LogP contribution in [0.5, 0.6) is 5.75 Å². The van der Waals surface area contributed by atoms with E-state index in [2.05, 4.69) is 5.32 Å². The number of carbonyl (C=O) groups excluding carboxylic acids is 1. The smallest absolute Gasteiger partial charge is 0.255 e. The van der Waals surface area contributed by atoms with E-state index in [1.807, 2.05) is 42.5 Å². The van der Waals surface area contributed by atoms with Gasteiger partial charge in [-0.15, -0.1) is 0 Å². The van der Waals surface area contributed by atoms with Gasteiger partial charge < -0.3 is 19.6 Å². The molecular formula is C23H19NO4. The van der Waals surface area contributed by atoms with Gasteiger partial charge in [0.05, 0.1) is 12.7 Å². The number of hydrogen-bond donors (Lipinski definition) is 2. The van der Waals surface area contributed by atoms with Crippen LogP contribution in [0.1, 0.15) is 16.1 Å². The van der Waals surface area contributed by atoms with E-state index in [-0.39, 0.29) is 12.5 Å². The maximum Gasteiger partial charge on any atom is 0.255 e. The molecule has 140 valence electrons. The van der Waals surface area contributed by atoms with Gasteiger partial charge >= 0.3 is 0 Å². The van der Waals surface area contributed by atoms with Crippen LogP contribution >= 0.6 is 0 Å². The van der Waals surface area contributed by atoms with Crippen LogP contribution < -0.4 is 10.1 Å². The van der Waals surface area contributed by atoms with E-state index >= 15 is 0 Å². The molecule has 0 atom stereocenters. The van der Waals surface area contributed by atoms with E-state index in [1.54, 1.807) is 37.4 Å². The van der Waals surface area contributed by atoms with Gasteiger partial charge in [-0.1, -0.05) is 30.3 Å². The summed E-state index contributed by atoms with van der Waals surface area (Å²) in [6, 6.07) is 22.3. The summed E-state index contributed by atoms with van der Waals surface area (Å²) in [6.45, 7) is -0.180. The standard InChI is InChI=1S/C23H19NO4/c1-27-21-10-8-18(13-20(21)22-11-9-19(14-25)28-22)24-23(26)17-7-6-15-4-2-3-5-16(15)12-17/h2-13,25H,14H2,1H3,(H,24,26). The molecule has 0 fully saturated rings. The molecule has 1 amide bonds. The Bertz CT molecular complexity index is 1150. The Labute approximate surface area is 162 Å². The van der Waals surface area contributed by atoms with Crippen molar-refractivity contribution in [3.05, 3.63) is 84.1 Å². The molecule has 4 rings (SSSR count). The zero-order valence-electron chi connectivity index (χ0n) is 15.3. The van der Waals surface area contributed by atoms with Crippen molar-refractivity contribution in [2.24, 2.45) is 0 Å². The fourth-order valence-corrected chi connectivity index (χ4v) is 3.12. The number of benzene rings is 3. The molecule has 0 radical (unpaired) electrons. The molecule has 0 spiro atoms. The second-order valence-corrected chi connectivity index (χ2v) is 6.36. The molecule has 0 bridgehead atoms. The maximum absolute atomic E-state index is 12.7. The van der Waals surface area contributed by atoms with Gasteiger partial charge in [0.2, 0.25) is 0 Å². The van der Waals surface area contributed by atoms with Crippen molar-refractivity contribution >= 4 is 22.4 Å². The molecule has 0 aliphatic carbocycles. The summed E-state index contributed by atoms with van der Waals surface area (Å²) in [4.78, 5) is 12.7. The number of rotatable bonds is 5. The lowest BCUT2D eigenvalue weighted by molar-refractivity contribution is 0.102. The fraction of sp³-hybridized carbons (Fsp3) is 0.0870. The van der Waals surface area contributed by atoms with Crippen molar-refractivity contribution in [3.63, 3.8) is 0 Å². The van der Waals surface area contributed by atoms with Crippen LogP contribution in [0.4, 0.5) is 5.69 Å². The number of methoxy groups -OCH3 is 1. The Morgan fingerprint density at radius 2 is 1.82 bits per heavy atom. The van der Waals surface area contributed by atoms with Gasteiger partial charge in [-0.25, -0.2) is 0 Å². The number of furan rings is 1. The summed E-state index contributed by atoms with van der Waals surface area (Å²) >= 11 is 0. The first kappa shape index (κ1) is 17.8. The molecule has 0 aliphatic rings. The zero-order chi connectivity index (χ0) is 19.5. The lowest BCUT2D eigenvalue weighted by Gasteiger charge is -2.11. The minimum atomic E-state index is -0.197. The van der Waals surface area contributed by atoms with Gasteiger partial charge in [-0.05, 0) is 53.2 Å². The fourth-order valence-electron chi connectivity index (χ4n) is 3.12. The highest BCUT2D eigenvalue weighted by atomic mass is 16.5. The number of hydrogen-bond acceptors (Lipinski definition) is 4. The molecule has 5 nitrogen and oxygen atoms in total. The second kappa shape index (κ2) is 7.58. The number of aliphatic hydroxyl groups is 1. The summed E-state index contributed by atoms with van der Waals surface area (Å²) < 4.78 is 11.0. The van der Waals surface area contributed by atoms with Crippen molar-refractivity contribution in [2.75, 3.05) is 12.4 Å². The van der Waals surface area contributed by atoms with E-state index in [9.17, 15) is 9.90 Å². The normalized spacial score (nSPS) is 10.8. The Morgan fingerprint density at radius 3 is 2.57 bits per heavy atom. The Balaban J connectivity index is 1.63. The van der Waals surface area contributed by atoms with Crippen LogP contribution in [0.25, 0.3) is 22.1 Å². The van der Waals surface area contributed by atoms with Gasteiger partial charge in [-0.2, -0.15) is 0 Å². The third-order valence-electron chi connectivity index (χ3n) is 4.55. The number of carbonyl (C=O) groups is 1. The molecule has 0 saturated heterocycles. The van der Waals surface area contributed by atoms with E-state index < -0.39 is 0 Å². The third kappa shape index (κ3) is 3.48. The van der Waals surface area contributed by atoms with Gasteiger partial charge in [0.25, 0.3) is 5.91 Å². The lowest BCUT2D eigenvalue weighted by Crippen LogP contribution is -2.11. The molecule has 0 aliphatic heterocycles. The number of amides is 1. The van der Waals surface area contributed by atoms with Crippen LogP contribution in [0.3, 0.4) is 0 Å². The minimum absolute atomic E-state index is 0.180. The van der Waals surface area contributed by atoms with Crippen LogP contribution in [-0.4, -0.2) is 18.1 Å².